The average molecular weight is 660 g/mol. The zero-order valence-electron chi connectivity index (χ0n) is 26.7. The molecule has 46 heavy (non-hydrogen) atoms. The minimum atomic E-state index is -0.0133. The molecule has 4 aromatic carbocycles. The molecule has 0 aromatic heterocycles. The maximum absolute atomic E-state index is 7.05. The number of halogens is 2. The average Bonchev–Trinajstić information content (AvgIpc) is 3.10. The van der Waals surface area contributed by atoms with E-state index in [2.05, 4.69) is 75.0 Å². The first-order valence-corrected chi connectivity index (χ1v) is 17.1. The highest BCUT2D eigenvalue weighted by molar-refractivity contribution is 6.31. The number of rotatable bonds is 11. The summed E-state index contributed by atoms with van der Waals surface area (Å²) in [6.07, 6.45) is 5.37. The van der Waals surface area contributed by atoms with Crippen LogP contribution in [0.3, 0.4) is 0 Å². The van der Waals surface area contributed by atoms with E-state index in [0.717, 1.165) is 83.4 Å². The molecule has 6 nitrogen and oxygen atoms in total. The summed E-state index contributed by atoms with van der Waals surface area (Å²) in [5.41, 5.74) is 4.57. The van der Waals surface area contributed by atoms with E-state index < -0.39 is 0 Å². The number of hydrazine groups is 2. The van der Waals surface area contributed by atoms with Gasteiger partial charge in [0.2, 0.25) is 0 Å². The standard InChI is InChI=1S/C38H44Cl2N4O2/c1-45-36-22-9-3-14-28(36)26-41-34-20-13-25-43(38(34)31-17-6-8-19-33(31)40)44(27-29-15-4-10-23-37(29)46-2)42-24-12-11-21-35(42)30-16-5-7-18-32(30)39/h3-10,14-19,22-23,34-35,38,41H,11-13,20-21,24-27H2,1-2H3. The van der Waals surface area contributed by atoms with Crippen LogP contribution < -0.4 is 14.8 Å². The molecule has 242 valence electrons. The second-order valence-electron chi connectivity index (χ2n) is 12.1. The van der Waals surface area contributed by atoms with E-state index in [0.29, 0.717) is 13.1 Å². The third-order valence-corrected chi connectivity index (χ3v) is 10.1. The highest BCUT2D eigenvalue weighted by Crippen LogP contribution is 2.42. The zero-order valence-corrected chi connectivity index (χ0v) is 28.3. The molecule has 8 heteroatoms. The smallest absolute Gasteiger partial charge is 0.123 e. The lowest BCUT2D eigenvalue weighted by Gasteiger charge is -2.53. The second-order valence-corrected chi connectivity index (χ2v) is 12.9. The quantitative estimate of drug-likeness (QED) is 0.174. The van der Waals surface area contributed by atoms with Crippen molar-refractivity contribution in [3.8, 4) is 11.5 Å². The van der Waals surface area contributed by atoms with Crippen molar-refractivity contribution in [2.75, 3.05) is 27.3 Å². The monoisotopic (exact) mass is 658 g/mol. The normalized spacial score (nSPS) is 20.9. The van der Waals surface area contributed by atoms with Crippen LogP contribution in [0.4, 0.5) is 0 Å². The number of nitrogens with one attached hydrogen (secondary N) is 1. The largest absolute Gasteiger partial charge is 0.496 e. The molecule has 3 atom stereocenters. The molecule has 0 amide bonds. The van der Waals surface area contributed by atoms with Crippen LogP contribution in [-0.2, 0) is 13.1 Å². The summed E-state index contributed by atoms with van der Waals surface area (Å²) in [6.45, 7) is 3.17. The van der Waals surface area contributed by atoms with E-state index in [-0.39, 0.29) is 18.1 Å². The first kappa shape index (κ1) is 32.8. The van der Waals surface area contributed by atoms with Crippen LogP contribution in [0.5, 0.6) is 11.5 Å². The van der Waals surface area contributed by atoms with Gasteiger partial charge in [-0.05, 0) is 61.1 Å². The fourth-order valence-electron chi connectivity index (χ4n) is 7.20. The van der Waals surface area contributed by atoms with Crippen molar-refractivity contribution in [3.63, 3.8) is 0 Å². The zero-order chi connectivity index (χ0) is 31.9. The van der Waals surface area contributed by atoms with Crippen LogP contribution >= 0.6 is 23.2 Å². The molecule has 0 radical (unpaired) electrons. The van der Waals surface area contributed by atoms with Crippen LogP contribution in [-0.4, -0.2) is 48.5 Å². The van der Waals surface area contributed by atoms with Crippen LogP contribution in [0, 0.1) is 0 Å². The molecule has 6 rings (SSSR count). The van der Waals surface area contributed by atoms with Gasteiger partial charge in [0.1, 0.15) is 11.5 Å². The number of benzene rings is 4. The van der Waals surface area contributed by atoms with Crippen LogP contribution in [0.2, 0.25) is 10.0 Å². The molecule has 0 spiro atoms. The van der Waals surface area contributed by atoms with Gasteiger partial charge < -0.3 is 14.8 Å². The van der Waals surface area contributed by atoms with Crippen molar-refractivity contribution >= 4 is 23.2 Å². The SMILES string of the molecule is COc1ccccc1CNC1CCCN(N(Cc2ccccc2OC)N2CCCCC2c2ccccc2Cl)C1c1ccccc1Cl. The molecular formula is C38H44Cl2N4O2. The lowest BCUT2D eigenvalue weighted by Crippen LogP contribution is -2.61. The van der Waals surface area contributed by atoms with Gasteiger partial charge in [-0.3, -0.25) is 0 Å². The molecule has 0 saturated carbocycles. The first-order valence-electron chi connectivity index (χ1n) is 16.4. The van der Waals surface area contributed by atoms with Gasteiger partial charge in [-0.25, -0.2) is 10.0 Å². The Balaban J connectivity index is 1.43. The number of methoxy groups -OCH3 is 2. The van der Waals surface area contributed by atoms with Crippen molar-refractivity contribution in [1.82, 2.24) is 20.5 Å². The summed E-state index contributed by atoms with van der Waals surface area (Å²) in [5.74, 6) is 1.78. The van der Waals surface area contributed by atoms with Crippen molar-refractivity contribution < 1.29 is 9.47 Å². The molecule has 1 N–H and O–H groups in total. The predicted molar refractivity (Wildman–Crippen MR) is 187 cm³/mol. The Morgan fingerprint density at radius 1 is 0.674 bits per heavy atom. The van der Waals surface area contributed by atoms with Gasteiger partial charge in [0.15, 0.2) is 0 Å². The summed E-state index contributed by atoms with van der Waals surface area (Å²) >= 11 is 14.0. The maximum Gasteiger partial charge on any atom is 0.123 e. The van der Waals surface area contributed by atoms with Crippen molar-refractivity contribution in [2.45, 2.75) is 63.3 Å². The van der Waals surface area contributed by atoms with Crippen molar-refractivity contribution in [1.29, 1.82) is 0 Å². The number of hydrogen-bond donors (Lipinski definition) is 1. The maximum atomic E-state index is 7.05. The fourth-order valence-corrected chi connectivity index (χ4v) is 7.71. The van der Waals surface area contributed by atoms with Gasteiger partial charge in [0.25, 0.3) is 0 Å². The molecule has 2 fully saturated rings. The third kappa shape index (κ3) is 7.23. The molecule has 2 saturated heterocycles. The Bertz CT molecular complexity index is 1590. The van der Waals surface area contributed by atoms with Crippen molar-refractivity contribution in [3.05, 3.63) is 129 Å². The Kier molecular flexibility index (Phi) is 11.2. The van der Waals surface area contributed by atoms with Crippen LogP contribution in [0.25, 0.3) is 0 Å². The molecule has 2 aliphatic rings. The molecule has 3 unspecified atom stereocenters. The second kappa shape index (κ2) is 15.7. The van der Waals surface area contributed by atoms with E-state index in [1.165, 1.54) is 5.56 Å². The Labute approximate surface area is 283 Å². The van der Waals surface area contributed by atoms with E-state index in [1.807, 2.05) is 42.5 Å². The van der Waals surface area contributed by atoms with Crippen LogP contribution in [0.1, 0.15) is 66.4 Å². The Morgan fingerprint density at radius 2 is 1.26 bits per heavy atom. The number of piperidine rings is 2. The summed E-state index contributed by atoms with van der Waals surface area (Å²) in [4.78, 5) is 0. The number of hydrogen-bond acceptors (Lipinski definition) is 6. The topological polar surface area (TPSA) is 40.2 Å². The highest BCUT2D eigenvalue weighted by atomic mass is 35.5. The molecule has 2 aliphatic heterocycles. The lowest BCUT2D eigenvalue weighted by atomic mass is 9.91. The first-order chi connectivity index (χ1) is 22.6. The minimum absolute atomic E-state index is 0.0133. The molecule has 0 aliphatic carbocycles. The number of para-hydroxylation sites is 2. The van der Waals surface area contributed by atoms with E-state index in [1.54, 1.807) is 14.2 Å². The van der Waals surface area contributed by atoms with Gasteiger partial charge in [0.05, 0.1) is 32.8 Å². The van der Waals surface area contributed by atoms with Gasteiger partial charge in [0, 0.05) is 46.8 Å². The highest BCUT2D eigenvalue weighted by Gasteiger charge is 2.41. The van der Waals surface area contributed by atoms with E-state index >= 15 is 0 Å². The molecule has 2 heterocycles. The van der Waals surface area contributed by atoms with Gasteiger partial charge in [-0.1, -0.05) is 102 Å². The van der Waals surface area contributed by atoms with Gasteiger partial charge >= 0.3 is 0 Å². The van der Waals surface area contributed by atoms with Crippen molar-refractivity contribution in [2.24, 2.45) is 0 Å². The van der Waals surface area contributed by atoms with E-state index in [9.17, 15) is 0 Å². The van der Waals surface area contributed by atoms with Crippen LogP contribution in [0.15, 0.2) is 97.1 Å². The minimum Gasteiger partial charge on any atom is -0.496 e. The molecule has 0 bridgehead atoms. The third-order valence-electron chi connectivity index (χ3n) is 9.41. The molecular weight excluding hydrogens is 615 g/mol. The predicted octanol–water partition coefficient (Wildman–Crippen LogP) is 8.87. The fraction of sp³-hybridized carbons (Fsp3) is 0.368. The summed E-state index contributed by atoms with van der Waals surface area (Å²) in [6, 6.07) is 33.5. The Morgan fingerprint density at radius 3 is 1.96 bits per heavy atom. The van der Waals surface area contributed by atoms with Gasteiger partial charge in [-0.15, -0.1) is 0 Å². The Hall–Kier alpha value is -3.10. The summed E-state index contributed by atoms with van der Waals surface area (Å²) < 4.78 is 11.6. The number of ether oxygens (including phenoxy) is 2. The van der Waals surface area contributed by atoms with E-state index in [4.69, 9.17) is 32.7 Å². The lowest BCUT2D eigenvalue weighted by molar-refractivity contribution is -0.248. The van der Waals surface area contributed by atoms with Gasteiger partial charge in [-0.2, -0.15) is 5.12 Å². The number of nitrogens with zero attached hydrogens (tertiary/aromatic N) is 3. The molecule has 4 aromatic rings. The summed E-state index contributed by atoms with van der Waals surface area (Å²) in [7, 11) is 3.49. The summed E-state index contributed by atoms with van der Waals surface area (Å²) in [5, 5.41) is 13.2.